The molecule has 27 heavy (non-hydrogen) atoms. The second-order valence-corrected chi connectivity index (χ2v) is 12.2. The number of ether oxygens (including phenoxy) is 1. The van der Waals surface area contributed by atoms with E-state index in [1.165, 1.54) is 0 Å². The van der Waals surface area contributed by atoms with Gasteiger partial charge in [-0.3, -0.25) is 13.2 Å². The van der Waals surface area contributed by atoms with Crippen molar-refractivity contribution < 1.29 is 34.7 Å². The van der Waals surface area contributed by atoms with Crippen LogP contribution in [-0.4, -0.2) is 54.6 Å². The highest BCUT2D eigenvalue weighted by molar-refractivity contribution is 7.86. The number of hydrogen-bond acceptors (Lipinski definition) is 8. The fourth-order valence-corrected chi connectivity index (χ4v) is 7.06. The van der Waals surface area contributed by atoms with Crippen molar-refractivity contribution in [2.24, 2.45) is 28.6 Å². The highest BCUT2D eigenvalue weighted by atomic mass is 32.2. The Morgan fingerprint density at radius 2 is 1.78 bits per heavy atom. The van der Waals surface area contributed by atoms with Crippen LogP contribution < -0.4 is 0 Å². The van der Waals surface area contributed by atoms with Gasteiger partial charge in [0, 0.05) is 5.92 Å². The summed E-state index contributed by atoms with van der Waals surface area (Å²) in [5.74, 6) is -0.281. The van der Waals surface area contributed by atoms with E-state index in [4.69, 9.17) is 13.1 Å². The fraction of sp³-hybridized carbons (Fsp3) is 0.941. The lowest BCUT2D eigenvalue weighted by molar-refractivity contribution is -0.161. The van der Waals surface area contributed by atoms with Crippen LogP contribution in [0.3, 0.4) is 0 Å². The monoisotopic (exact) mass is 424 g/mol. The molecule has 0 aromatic heterocycles. The second kappa shape index (κ2) is 6.67. The van der Waals surface area contributed by atoms with Gasteiger partial charge in [-0.25, -0.2) is 0 Å². The molecular formula is C17H28O8S2. The van der Waals surface area contributed by atoms with Crippen LogP contribution in [0.15, 0.2) is 0 Å². The van der Waals surface area contributed by atoms with Crippen LogP contribution in [0.2, 0.25) is 0 Å². The molecule has 1 aliphatic heterocycles. The van der Waals surface area contributed by atoms with Gasteiger partial charge in [-0.2, -0.15) is 16.8 Å². The van der Waals surface area contributed by atoms with Gasteiger partial charge in [0.25, 0.3) is 20.2 Å². The average Bonchev–Trinajstić information content (AvgIpc) is 2.82. The Bertz CT molecular complexity index is 816. The SMILES string of the molecule is CC1(C)C[C@]23CC(=O)OC[C@H]2[C@H](OS(C)(=O)=O)C[C@@H]3[C@H]1CCOS(C)(=O)=O. The first-order chi connectivity index (χ1) is 12.2. The Hall–Kier alpha value is -0.710. The average molecular weight is 425 g/mol. The standard InChI is InChI=1S/C17H28O8S2/c1-16(2)10-17-8-15(18)23-9-13(17)14(25-27(4,21)22)7-12(17)11(16)5-6-24-26(3,19)20/h11-14H,5-10H2,1-4H3/t11-,12-,13+,14-,17+/m1/s1. The zero-order chi connectivity index (χ0) is 20.3. The van der Waals surface area contributed by atoms with Crippen molar-refractivity contribution in [3.05, 3.63) is 0 Å². The van der Waals surface area contributed by atoms with E-state index in [-0.39, 0.29) is 54.2 Å². The predicted octanol–water partition coefficient (Wildman–Crippen LogP) is 1.31. The molecule has 3 aliphatic rings. The molecule has 0 amide bonds. The summed E-state index contributed by atoms with van der Waals surface area (Å²) < 4.78 is 61.6. The molecule has 2 saturated carbocycles. The Balaban J connectivity index is 1.89. The number of cyclic esters (lactones) is 1. The van der Waals surface area contributed by atoms with Crippen LogP contribution in [0, 0.1) is 28.6 Å². The number of carbonyl (C=O) groups is 1. The summed E-state index contributed by atoms with van der Waals surface area (Å²) in [4.78, 5) is 12.1. The first-order valence-electron chi connectivity index (χ1n) is 9.12. The number of esters is 1. The minimum absolute atomic E-state index is 0.0558. The topological polar surface area (TPSA) is 113 Å². The van der Waals surface area contributed by atoms with Crippen molar-refractivity contribution in [3.63, 3.8) is 0 Å². The lowest BCUT2D eigenvalue weighted by Crippen LogP contribution is -2.43. The van der Waals surface area contributed by atoms with Crippen LogP contribution in [0.1, 0.15) is 39.5 Å². The molecule has 0 N–H and O–H groups in total. The Kier molecular flexibility index (Phi) is 5.19. The van der Waals surface area contributed by atoms with Crippen LogP contribution in [-0.2, 0) is 38.1 Å². The lowest BCUT2D eigenvalue weighted by Gasteiger charge is -2.40. The maximum absolute atomic E-state index is 12.1. The molecule has 3 fully saturated rings. The minimum Gasteiger partial charge on any atom is -0.465 e. The van der Waals surface area contributed by atoms with E-state index in [0.717, 1.165) is 18.9 Å². The summed E-state index contributed by atoms with van der Waals surface area (Å²) in [5, 5.41) is 0. The molecule has 8 nitrogen and oxygen atoms in total. The molecule has 3 rings (SSSR count). The van der Waals surface area contributed by atoms with E-state index < -0.39 is 26.3 Å². The van der Waals surface area contributed by atoms with Crippen molar-refractivity contribution in [1.29, 1.82) is 0 Å². The maximum Gasteiger partial charge on any atom is 0.306 e. The smallest absolute Gasteiger partial charge is 0.306 e. The molecule has 5 atom stereocenters. The molecular weight excluding hydrogens is 396 g/mol. The Morgan fingerprint density at radius 1 is 1.11 bits per heavy atom. The van der Waals surface area contributed by atoms with Crippen molar-refractivity contribution >= 4 is 26.2 Å². The summed E-state index contributed by atoms with van der Waals surface area (Å²) in [5.41, 5.74) is -0.499. The van der Waals surface area contributed by atoms with Crippen LogP contribution in [0.5, 0.6) is 0 Å². The van der Waals surface area contributed by atoms with Crippen molar-refractivity contribution in [3.8, 4) is 0 Å². The maximum atomic E-state index is 12.1. The molecule has 1 heterocycles. The van der Waals surface area contributed by atoms with Gasteiger partial charge >= 0.3 is 5.97 Å². The van der Waals surface area contributed by atoms with Gasteiger partial charge in [0.2, 0.25) is 0 Å². The van der Waals surface area contributed by atoms with Crippen LogP contribution >= 0.6 is 0 Å². The zero-order valence-corrected chi connectivity index (χ0v) is 17.8. The normalized spacial score (nSPS) is 38.3. The molecule has 0 unspecified atom stereocenters. The summed E-state index contributed by atoms with van der Waals surface area (Å²) in [7, 11) is -7.15. The fourth-order valence-electron chi connectivity index (χ4n) is 6.00. The Morgan fingerprint density at radius 3 is 2.37 bits per heavy atom. The van der Waals surface area contributed by atoms with Gasteiger partial charge in [-0.15, -0.1) is 0 Å². The molecule has 156 valence electrons. The summed E-state index contributed by atoms with van der Waals surface area (Å²) >= 11 is 0. The third-order valence-corrected chi connectivity index (χ3v) is 7.80. The molecule has 0 aromatic carbocycles. The molecule has 0 radical (unpaired) electrons. The first kappa shape index (κ1) is 21.0. The van der Waals surface area contributed by atoms with Gasteiger partial charge in [-0.1, -0.05) is 13.8 Å². The number of carbonyl (C=O) groups excluding carboxylic acids is 1. The molecule has 2 aliphatic carbocycles. The first-order valence-corrected chi connectivity index (χ1v) is 12.8. The third-order valence-electron chi connectivity index (χ3n) is 6.61. The van der Waals surface area contributed by atoms with E-state index in [2.05, 4.69) is 13.8 Å². The van der Waals surface area contributed by atoms with Crippen molar-refractivity contribution in [2.45, 2.75) is 45.6 Å². The van der Waals surface area contributed by atoms with Gasteiger partial charge in [0.1, 0.15) is 0 Å². The highest BCUT2D eigenvalue weighted by Crippen LogP contribution is 2.69. The molecule has 0 aromatic rings. The minimum atomic E-state index is -3.63. The molecule has 1 saturated heterocycles. The third kappa shape index (κ3) is 4.18. The van der Waals surface area contributed by atoms with E-state index >= 15 is 0 Å². The van der Waals surface area contributed by atoms with Crippen LogP contribution in [0.25, 0.3) is 0 Å². The summed E-state index contributed by atoms with van der Waals surface area (Å²) in [6.45, 7) is 4.48. The van der Waals surface area contributed by atoms with Crippen LogP contribution in [0.4, 0.5) is 0 Å². The number of hydrogen-bond donors (Lipinski definition) is 0. The molecule has 1 spiro atoms. The molecule has 0 bridgehead atoms. The highest BCUT2D eigenvalue weighted by Gasteiger charge is 2.67. The summed E-state index contributed by atoms with van der Waals surface area (Å²) in [6.07, 6.45) is 3.57. The van der Waals surface area contributed by atoms with Gasteiger partial charge < -0.3 is 4.74 Å². The lowest BCUT2D eigenvalue weighted by atomic mass is 9.68. The van der Waals surface area contributed by atoms with E-state index in [9.17, 15) is 21.6 Å². The number of rotatable bonds is 6. The zero-order valence-electron chi connectivity index (χ0n) is 16.1. The predicted molar refractivity (Wildman–Crippen MR) is 96.6 cm³/mol. The molecule has 10 heteroatoms. The quantitative estimate of drug-likeness (QED) is 0.463. The Labute approximate surface area is 161 Å². The van der Waals surface area contributed by atoms with Gasteiger partial charge in [0.05, 0.1) is 38.3 Å². The second-order valence-electron chi connectivity index (χ2n) is 8.97. The van der Waals surface area contributed by atoms with E-state index in [0.29, 0.717) is 12.8 Å². The van der Waals surface area contributed by atoms with E-state index in [1.807, 2.05) is 0 Å². The largest absolute Gasteiger partial charge is 0.465 e. The van der Waals surface area contributed by atoms with E-state index in [1.54, 1.807) is 0 Å². The van der Waals surface area contributed by atoms with Crippen molar-refractivity contribution in [2.75, 3.05) is 25.7 Å². The summed E-state index contributed by atoms with van der Waals surface area (Å²) in [6, 6.07) is 0. The van der Waals surface area contributed by atoms with Gasteiger partial charge in [-0.05, 0) is 41.9 Å². The van der Waals surface area contributed by atoms with Crippen molar-refractivity contribution in [1.82, 2.24) is 0 Å². The van der Waals surface area contributed by atoms with Gasteiger partial charge in [0.15, 0.2) is 0 Å².